The van der Waals surface area contributed by atoms with E-state index in [4.69, 9.17) is 14.5 Å². The smallest absolute Gasteiger partial charge is 0.195 e. The van der Waals surface area contributed by atoms with Gasteiger partial charge in [-0.15, -0.1) is 11.3 Å². The zero-order valence-electron chi connectivity index (χ0n) is 15.8. The normalized spacial score (nSPS) is 14.7. The summed E-state index contributed by atoms with van der Waals surface area (Å²) in [6.07, 6.45) is 0.894. The second-order valence-electron chi connectivity index (χ2n) is 7.14. The van der Waals surface area contributed by atoms with E-state index in [0.29, 0.717) is 25.7 Å². The van der Waals surface area contributed by atoms with Crippen molar-refractivity contribution in [3.05, 3.63) is 34.3 Å². The Morgan fingerprint density at radius 3 is 2.69 bits per heavy atom. The molecule has 2 aromatic rings. The van der Waals surface area contributed by atoms with E-state index in [1.165, 1.54) is 0 Å². The summed E-state index contributed by atoms with van der Waals surface area (Å²) < 4.78 is 11.4. The van der Waals surface area contributed by atoms with Crippen molar-refractivity contribution in [1.82, 2.24) is 10.3 Å². The quantitative estimate of drug-likeness (QED) is 0.632. The molecule has 3 rings (SSSR count). The zero-order valence-corrected chi connectivity index (χ0v) is 16.6. The van der Waals surface area contributed by atoms with E-state index in [1.807, 2.05) is 18.2 Å². The molecule has 2 N–H and O–H groups in total. The molecule has 1 aliphatic heterocycles. The number of anilines is 1. The van der Waals surface area contributed by atoms with E-state index in [-0.39, 0.29) is 5.41 Å². The highest BCUT2D eigenvalue weighted by Gasteiger charge is 2.17. The highest BCUT2D eigenvalue weighted by Crippen LogP contribution is 2.32. The van der Waals surface area contributed by atoms with Crippen LogP contribution in [-0.2, 0) is 12.0 Å². The van der Waals surface area contributed by atoms with Crippen molar-refractivity contribution in [1.29, 1.82) is 0 Å². The summed E-state index contributed by atoms with van der Waals surface area (Å²) >= 11 is 1.66. The number of thiazole rings is 1. The average molecular weight is 375 g/mol. The molecular formula is C19H26N4O2S. The van der Waals surface area contributed by atoms with Gasteiger partial charge >= 0.3 is 0 Å². The molecule has 26 heavy (non-hydrogen) atoms. The van der Waals surface area contributed by atoms with Gasteiger partial charge in [0.1, 0.15) is 5.01 Å². The zero-order chi connectivity index (χ0) is 18.6. The molecule has 0 radical (unpaired) electrons. The van der Waals surface area contributed by atoms with Gasteiger partial charge in [-0.25, -0.2) is 4.98 Å². The van der Waals surface area contributed by atoms with Crippen LogP contribution in [0.4, 0.5) is 5.69 Å². The number of fused-ring (bicyclic) bond motifs is 1. The van der Waals surface area contributed by atoms with Gasteiger partial charge in [-0.1, -0.05) is 20.8 Å². The van der Waals surface area contributed by atoms with Crippen LogP contribution in [0, 0.1) is 0 Å². The van der Waals surface area contributed by atoms with Gasteiger partial charge < -0.3 is 20.1 Å². The van der Waals surface area contributed by atoms with E-state index in [9.17, 15) is 0 Å². The standard InChI is InChI=1S/C19H26N4O2S/c1-19(2,3)16-12-26-17(23-16)11-21-18(20-4)22-13-6-7-14-15(10-13)25-9-5-8-24-14/h6-7,10,12H,5,8-9,11H2,1-4H3,(H2,20,21,22). The lowest BCUT2D eigenvalue weighted by atomic mass is 9.93. The van der Waals surface area contributed by atoms with E-state index in [1.54, 1.807) is 18.4 Å². The Hall–Kier alpha value is -2.28. The van der Waals surface area contributed by atoms with Crippen LogP contribution in [-0.4, -0.2) is 31.2 Å². The van der Waals surface area contributed by atoms with Crippen molar-refractivity contribution in [2.75, 3.05) is 25.6 Å². The first-order valence-corrected chi connectivity index (χ1v) is 9.66. The first-order chi connectivity index (χ1) is 12.5. The minimum atomic E-state index is 0.0680. The molecule has 0 aliphatic carbocycles. The highest BCUT2D eigenvalue weighted by atomic mass is 32.1. The third kappa shape index (κ3) is 4.66. The van der Waals surface area contributed by atoms with Gasteiger partial charge in [0, 0.05) is 36.0 Å². The molecule has 0 fully saturated rings. The molecule has 0 unspecified atom stereocenters. The van der Waals surface area contributed by atoms with Gasteiger partial charge in [0.15, 0.2) is 17.5 Å². The molecule has 1 aromatic carbocycles. The average Bonchev–Trinajstić information content (AvgIpc) is 2.97. The first kappa shape index (κ1) is 18.5. The van der Waals surface area contributed by atoms with Crippen LogP contribution in [0.3, 0.4) is 0 Å². The molecule has 0 amide bonds. The molecule has 0 spiro atoms. The van der Waals surface area contributed by atoms with Crippen LogP contribution in [0.1, 0.15) is 37.9 Å². The highest BCUT2D eigenvalue weighted by molar-refractivity contribution is 7.09. The van der Waals surface area contributed by atoms with Crippen LogP contribution in [0.25, 0.3) is 0 Å². The van der Waals surface area contributed by atoms with Crippen molar-refractivity contribution in [2.24, 2.45) is 4.99 Å². The number of benzene rings is 1. The number of guanidine groups is 1. The number of nitrogens with zero attached hydrogens (tertiary/aromatic N) is 2. The Bertz CT molecular complexity index is 780. The SMILES string of the molecule is CN=C(NCc1nc(C(C)(C)C)cs1)Nc1ccc2c(c1)OCCCO2. The summed E-state index contributed by atoms with van der Waals surface area (Å²) in [6, 6.07) is 5.82. The third-order valence-electron chi connectivity index (χ3n) is 3.96. The van der Waals surface area contributed by atoms with E-state index >= 15 is 0 Å². The Balaban J connectivity index is 1.61. The number of ether oxygens (including phenoxy) is 2. The number of aromatic nitrogens is 1. The van der Waals surface area contributed by atoms with Crippen molar-refractivity contribution >= 4 is 23.0 Å². The van der Waals surface area contributed by atoms with Crippen LogP contribution in [0.15, 0.2) is 28.6 Å². The summed E-state index contributed by atoms with van der Waals surface area (Å²) in [5.74, 6) is 2.23. The molecule has 0 saturated carbocycles. The van der Waals surface area contributed by atoms with Crippen molar-refractivity contribution in [2.45, 2.75) is 39.2 Å². The van der Waals surface area contributed by atoms with Crippen LogP contribution in [0.2, 0.25) is 0 Å². The second-order valence-corrected chi connectivity index (χ2v) is 8.08. The number of hydrogen-bond acceptors (Lipinski definition) is 5. The molecule has 1 aromatic heterocycles. The summed E-state index contributed by atoms with van der Waals surface area (Å²) in [5.41, 5.74) is 2.08. The Morgan fingerprint density at radius 2 is 2.00 bits per heavy atom. The van der Waals surface area contributed by atoms with E-state index < -0.39 is 0 Å². The minimum absolute atomic E-state index is 0.0680. The summed E-state index contributed by atoms with van der Waals surface area (Å²) in [4.78, 5) is 8.98. The molecule has 0 saturated heterocycles. The number of nitrogens with one attached hydrogen (secondary N) is 2. The van der Waals surface area contributed by atoms with Crippen LogP contribution >= 0.6 is 11.3 Å². The van der Waals surface area contributed by atoms with Crippen LogP contribution < -0.4 is 20.1 Å². The molecule has 7 heteroatoms. The largest absolute Gasteiger partial charge is 0.490 e. The Kier molecular flexibility index (Phi) is 5.66. The number of hydrogen-bond donors (Lipinski definition) is 2. The maximum atomic E-state index is 5.73. The fraction of sp³-hybridized carbons (Fsp3) is 0.474. The number of aliphatic imine (C=N–C) groups is 1. The first-order valence-electron chi connectivity index (χ1n) is 8.78. The maximum absolute atomic E-state index is 5.73. The minimum Gasteiger partial charge on any atom is -0.490 e. The predicted molar refractivity (Wildman–Crippen MR) is 107 cm³/mol. The van der Waals surface area contributed by atoms with Gasteiger partial charge in [-0.05, 0) is 12.1 Å². The van der Waals surface area contributed by atoms with Crippen molar-refractivity contribution < 1.29 is 9.47 Å². The topological polar surface area (TPSA) is 67.8 Å². The molecule has 140 valence electrons. The molecule has 1 aliphatic rings. The van der Waals surface area contributed by atoms with Gasteiger partial charge in [0.25, 0.3) is 0 Å². The lowest BCUT2D eigenvalue weighted by molar-refractivity contribution is 0.297. The monoisotopic (exact) mass is 374 g/mol. The van der Waals surface area contributed by atoms with Gasteiger partial charge in [0.05, 0.1) is 25.5 Å². The van der Waals surface area contributed by atoms with Gasteiger partial charge in [-0.2, -0.15) is 0 Å². The second kappa shape index (κ2) is 7.95. The summed E-state index contributed by atoms with van der Waals surface area (Å²) in [7, 11) is 1.75. The Labute approximate surface area is 158 Å². The predicted octanol–water partition coefficient (Wildman–Crippen LogP) is 3.79. The van der Waals surface area contributed by atoms with E-state index in [2.05, 4.69) is 41.8 Å². The van der Waals surface area contributed by atoms with Crippen LogP contribution in [0.5, 0.6) is 11.5 Å². The lowest BCUT2D eigenvalue weighted by Crippen LogP contribution is -2.30. The number of rotatable bonds is 3. The molecule has 0 bridgehead atoms. The maximum Gasteiger partial charge on any atom is 0.195 e. The Morgan fingerprint density at radius 1 is 1.23 bits per heavy atom. The van der Waals surface area contributed by atoms with Crippen molar-refractivity contribution in [3.8, 4) is 11.5 Å². The lowest BCUT2D eigenvalue weighted by Gasteiger charge is -2.15. The molecule has 0 atom stereocenters. The summed E-state index contributed by atoms with van der Waals surface area (Å²) in [5, 5.41) is 9.75. The van der Waals surface area contributed by atoms with Crippen molar-refractivity contribution in [3.63, 3.8) is 0 Å². The molecule has 6 nitrogen and oxygen atoms in total. The van der Waals surface area contributed by atoms with Gasteiger partial charge in [-0.3, -0.25) is 4.99 Å². The molecule has 2 heterocycles. The fourth-order valence-corrected chi connectivity index (χ4v) is 3.41. The fourth-order valence-electron chi connectivity index (χ4n) is 2.45. The van der Waals surface area contributed by atoms with E-state index in [0.717, 1.165) is 34.3 Å². The molecular weight excluding hydrogens is 348 g/mol. The van der Waals surface area contributed by atoms with Gasteiger partial charge in [0.2, 0.25) is 0 Å². The summed E-state index contributed by atoms with van der Waals surface area (Å²) in [6.45, 7) is 8.50. The third-order valence-corrected chi connectivity index (χ3v) is 4.81.